The van der Waals surface area contributed by atoms with Gasteiger partial charge in [-0.05, 0) is 6.42 Å². The SMILES string of the molecule is CCC(C#N)NS(=O)(=O)c1cc([N+](=O)[O-])c(F)cc1F. The number of nitro groups is 1. The summed E-state index contributed by atoms with van der Waals surface area (Å²) in [4.78, 5) is 8.27. The van der Waals surface area contributed by atoms with Crippen LogP contribution in [-0.4, -0.2) is 19.4 Å². The number of nitro benzene ring substituents is 1. The van der Waals surface area contributed by atoms with E-state index in [2.05, 4.69) is 0 Å². The van der Waals surface area contributed by atoms with Gasteiger partial charge in [-0.15, -0.1) is 0 Å². The van der Waals surface area contributed by atoms with Gasteiger partial charge in [0.15, 0.2) is 0 Å². The Kier molecular flexibility index (Phi) is 4.69. The van der Waals surface area contributed by atoms with Gasteiger partial charge in [0.1, 0.15) is 16.8 Å². The first-order valence-corrected chi connectivity index (χ1v) is 6.76. The molecule has 20 heavy (non-hydrogen) atoms. The van der Waals surface area contributed by atoms with Crippen LogP contribution in [0.1, 0.15) is 13.3 Å². The number of nitriles is 1. The number of nitrogens with zero attached hydrogens (tertiary/aromatic N) is 2. The maximum absolute atomic E-state index is 13.5. The van der Waals surface area contributed by atoms with Crippen molar-refractivity contribution in [3.63, 3.8) is 0 Å². The third-order valence-corrected chi connectivity index (χ3v) is 3.84. The highest BCUT2D eigenvalue weighted by molar-refractivity contribution is 7.89. The van der Waals surface area contributed by atoms with Crippen LogP contribution < -0.4 is 4.72 Å². The van der Waals surface area contributed by atoms with Crippen LogP contribution in [0.4, 0.5) is 14.5 Å². The van der Waals surface area contributed by atoms with E-state index in [0.717, 1.165) is 0 Å². The quantitative estimate of drug-likeness (QED) is 0.653. The van der Waals surface area contributed by atoms with Crippen LogP contribution in [0, 0.1) is 33.1 Å². The lowest BCUT2D eigenvalue weighted by molar-refractivity contribution is -0.387. The summed E-state index contributed by atoms with van der Waals surface area (Å²) in [5.74, 6) is -2.97. The lowest BCUT2D eigenvalue weighted by Gasteiger charge is -2.10. The topological polar surface area (TPSA) is 113 Å². The van der Waals surface area contributed by atoms with Crippen molar-refractivity contribution in [3.8, 4) is 6.07 Å². The first-order chi connectivity index (χ1) is 9.22. The Morgan fingerprint density at radius 2 is 2.05 bits per heavy atom. The fourth-order valence-corrected chi connectivity index (χ4v) is 2.62. The third-order valence-electron chi connectivity index (χ3n) is 2.35. The molecule has 0 heterocycles. The Hall–Kier alpha value is -2.12. The van der Waals surface area contributed by atoms with Crippen molar-refractivity contribution >= 4 is 15.7 Å². The summed E-state index contributed by atoms with van der Waals surface area (Å²) < 4.78 is 52.1. The molecule has 10 heteroatoms. The molecule has 0 saturated heterocycles. The second-order valence-electron chi connectivity index (χ2n) is 3.70. The lowest BCUT2D eigenvalue weighted by Crippen LogP contribution is -2.33. The highest BCUT2D eigenvalue weighted by Gasteiger charge is 2.27. The van der Waals surface area contributed by atoms with Gasteiger partial charge in [0.2, 0.25) is 15.8 Å². The number of sulfonamides is 1. The van der Waals surface area contributed by atoms with E-state index in [1.165, 1.54) is 6.92 Å². The fraction of sp³-hybridized carbons (Fsp3) is 0.300. The molecule has 108 valence electrons. The molecular formula is C10H9F2N3O4S. The molecule has 0 amide bonds. The van der Waals surface area contributed by atoms with Gasteiger partial charge in [-0.2, -0.15) is 14.4 Å². The van der Waals surface area contributed by atoms with E-state index < -0.39 is 43.2 Å². The molecule has 1 aromatic carbocycles. The Labute approximate surface area is 113 Å². The zero-order chi connectivity index (χ0) is 15.5. The first-order valence-electron chi connectivity index (χ1n) is 5.28. The van der Waals surface area contributed by atoms with E-state index in [1.54, 1.807) is 6.07 Å². The summed E-state index contributed by atoms with van der Waals surface area (Å²) in [5, 5.41) is 19.2. The largest absolute Gasteiger partial charge is 0.306 e. The van der Waals surface area contributed by atoms with Crippen molar-refractivity contribution in [2.45, 2.75) is 24.3 Å². The number of benzene rings is 1. The van der Waals surface area contributed by atoms with Crippen LogP contribution in [0.5, 0.6) is 0 Å². The summed E-state index contributed by atoms with van der Waals surface area (Å²) in [5.41, 5.74) is -1.17. The average molecular weight is 305 g/mol. The van der Waals surface area contributed by atoms with Gasteiger partial charge in [-0.3, -0.25) is 10.1 Å². The monoisotopic (exact) mass is 305 g/mol. The Morgan fingerprint density at radius 3 is 2.50 bits per heavy atom. The molecular weight excluding hydrogens is 296 g/mol. The Morgan fingerprint density at radius 1 is 1.45 bits per heavy atom. The number of nitrogens with one attached hydrogen (secondary N) is 1. The molecule has 1 rings (SSSR count). The molecule has 1 aromatic rings. The van der Waals surface area contributed by atoms with Crippen LogP contribution >= 0.6 is 0 Å². The minimum absolute atomic E-state index is 0.111. The molecule has 0 fully saturated rings. The van der Waals surface area contributed by atoms with E-state index >= 15 is 0 Å². The van der Waals surface area contributed by atoms with E-state index in [4.69, 9.17) is 5.26 Å². The first kappa shape index (κ1) is 15.9. The summed E-state index contributed by atoms with van der Waals surface area (Å²) in [7, 11) is -4.51. The van der Waals surface area contributed by atoms with Crippen molar-refractivity contribution in [2.24, 2.45) is 0 Å². The van der Waals surface area contributed by atoms with Crippen molar-refractivity contribution in [1.82, 2.24) is 4.72 Å². The molecule has 0 aliphatic rings. The zero-order valence-corrected chi connectivity index (χ0v) is 10.9. The van der Waals surface area contributed by atoms with Crippen LogP contribution in [0.15, 0.2) is 17.0 Å². The van der Waals surface area contributed by atoms with Crippen molar-refractivity contribution in [2.75, 3.05) is 0 Å². The Balaban J connectivity index is 3.36. The summed E-state index contributed by atoms with van der Waals surface area (Å²) in [6.07, 6.45) is 0.112. The van der Waals surface area contributed by atoms with E-state index in [0.29, 0.717) is 0 Å². The predicted molar refractivity (Wildman–Crippen MR) is 63.0 cm³/mol. The van der Waals surface area contributed by atoms with Crippen molar-refractivity contribution < 1.29 is 22.1 Å². The number of hydrogen-bond donors (Lipinski definition) is 1. The van der Waals surface area contributed by atoms with Gasteiger partial charge in [0.05, 0.1) is 11.0 Å². The minimum Gasteiger partial charge on any atom is -0.258 e. The summed E-state index contributed by atoms with van der Waals surface area (Å²) >= 11 is 0. The van der Waals surface area contributed by atoms with Crippen LogP contribution in [0.25, 0.3) is 0 Å². The number of rotatable bonds is 5. The smallest absolute Gasteiger partial charge is 0.258 e. The molecule has 0 aliphatic carbocycles. The number of hydrogen-bond acceptors (Lipinski definition) is 5. The molecule has 1 unspecified atom stereocenters. The molecule has 0 spiro atoms. The van der Waals surface area contributed by atoms with Crippen LogP contribution in [0.2, 0.25) is 0 Å². The van der Waals surface area contributed by atoms with Gasteiger partial charge in [-0.25, -0.2) is 12.8 Å². The molecule has 0 aliphatic heterocycles. The normalized spacial score (nSPS) is 12.7. The van der Waals surface area contributed by atoms with Crippen molar-refractivity contribution in [3.05, 3.63) is 33.9 Å². The van der Waals surface area contributed by atoms with E-state index in [9.17, 15) is 27.3 Å². The van der Waals surface area contributed by atoms with Crippen molar-refractivity contribution in [1.29, 1.82) is 5.26 Å². The second-order valence-corrected chi connectivity index (χ2v) is 5.38. The van der Waals surface area contributed by atoms with Crippen LogP contribution in [-0.2, 0) is 10.0 Å². The van der Waals surface area contributed by atoms with E-state index in [1.807, 2.05) is 4.72 Å². The highest BCUT2D eigenvalue weighted by atomic mass is 32.2. The molecule has 1 N–H and O–H groups in total. The molecule has 1 atom stereocenters. The van der Waals surface area contributed by atoms with Crippen LogP contribution in [0.3, 0.4) is 0 Å². The lowest BCUT2D eigenvalue weighted by atomic mass is 10.3. The van der Waals surface area contributed by atoms with Gasteiger partial charge < -0.3 is 0 Å². The zero-order valence-electron chi connectivity index (χ0n) is 10.1. The van der Waals surface area contributed by atoms with Gasteiger partial charge in [-0.1, -0.05) is 6.92 Å². The molecule has 0 bridgehead atoms. The van der Waals surface area contributed by atoms with Gasteiger partial charge in [0.25, 0.3) is 0 Å². The predicted octanol–water partition coefficient (Wildman–Crippen LogP) is 1.45. The Bertz CT molecular complexity index is 684. The third kappa shape index (κ3) is 3.25. The average Bonchev–Trinajstić information content (AvgIpc) is 2.35. The summed E-state index contributed by atoms with van der Waals surface area (Å²) in [6, 6.07) is 0.889. The molecule has 7 nitrogen and oxygen atoms in total. The molecule has 0 radical (unpaired) electrons. The van der Waals surface area contributed by atoms with Gasteiger partial charge >= 0.3 is 5.69 Å². The molecule has 0 saturated carbocycles. The minimum atomic E-state index is -4.51. The second kappa shape index (κ2) is 5.89. The summed E-state index contributed by atoms with van der Waals surface area (Å²) in [6.45, 7) is 1.51. The maximum atomic E-state index is 13.5. The maximum Gasteiger partial charge on any atom is 0.306 e. The van der Waals surface area contributed by atoms with E-state index in [-0.39, 0.29) is 18.6 Å². The highest BCUT2D eigenvalue weighted by Crippen LogP contribution is 2.24. The molecule has 0 aromatic heterocycles. The standard InChI is InChI=1S/C10H9F2N3O4S/c1-2-6(5-13)14-20(18,19)10-4-9(15(16)17)7(11)3-8(10)12/h3-4,6,14H,2H2,1H3. The van der Waals surface area contributed by atoms with Gasteiger partial charge in [0, 0.05) is 12.1 Å². The fourth-order valence-electron chi connectivity index (χ4n) is 1.32. The number of halogens is 2.